The Kier molecular flexibility index (Phi) is 7.10. The third-order valence-electron chi connectivity index (χ3n) is 4.69. The highest BCUT2D eigenvalue weighted by Gasteiger charge is 2.30. The average molecular weight is 454 g/mol. The van der Waals surface area contributed by atoms with Gasteiger partial charge >= 0.3 is 12.2 Å². The van der Waals surface area contributed by atoms with E-state index in [0.29, 0.717) is 17.0 Å². The van der Waals surface area contributed by atoms with Crippen LogP contribution in [0.4, 0.5) is 18.0 Å². The lowest BCUT2D eigenvalue weighted by molar-refractivity contribution is -0.137. The maximum Gasteiger partial charge on any atom is 0.416 e. The lowest BCUT2D eigenvalue weighted by Crippen LogP contribution is -2.45. The van der Waals surface area contributed by atoms with Gasteiger partial charge in [0.2, 0.25) is 0 Å². The molecule has 5 nitrogen and oxygen atoms in total. The number of alkyl halides is 3. The zero-order valence-corrected chi connectivity index (χ0v) is 17.9. The van der Waals surface area contributed by atoms with E-state index in [2.05, 4.69) is 10.5 Å². The quantitative estimate of drug-likeness (QED) is 0.630. The van der Waals surface area contributed by atoms with Crippen LogP contribution in [-0.4, -0.2) is 35.3 Å². The number of amides is 2. The summed E-state index contributed by atoms with van der Waals surface area (Å²) in [5, 5.41) is 7.57. The van der Waals surface area contributed by atoms with Crippen LogP contribution < -0.4 is 5.32 Å². The molecule has 1 atom stereocenters. The molecule has 1 aliphatic rings. The molecule has 0 aromatic heterocycles. The Hall–Kier alpha value is -2.74. The van der Waals surface area contributed by atoms with Gasteiger partial charge in [0.05, 0.1) is 17.8 Å². The van der Waals surface area contributed by atoms with Gasteiger partial charge in [0.15, 0.2) is 6.10 Å². The number of carbonyl (C=O) groups is 1. The van der Waals surface area contributed by atoms with Gasteiger partial charge in [0.1, 0.15) is 0 Å². The molecule has 0 saturated heterocycles. The van der Waals surface area contributed by atoms with E-state index in [-0.39, 0.29) is 31.3 Å². The van der Waals surface area contributed by atoms with Crippen LogP contribution in [-0.2, 0) is 17.6 Å². The normalized spacial score (nSPS) is 16.1. The molecule has 0 unspecified atom stereocenters. The molecule has 3 rings (SSSR count). The zero-order valence-electron chi connectivity index (χ0n) is 17.1. The Balaban J connectivity index is 1.68. The van der Waals surface area contributed by atoms with Gasteiger partial charge in [-0.2, -0.15) is 13.2 Å². The Labute approximate surface area is 183 Å². The van der Waals surface area contributed by atoms with Crippen molar-refractivity contribution in [3.05, 3.63) is 70.2 Å². The van der Waals surface area contributed by atoms with E-state index >= 15 is 0 Å². The summed E-state index contributed by atoms with van der Waals surface area (Å²) in [6, 6.07) is 11.6. The molecule has 166 valence electrons. The van der Waals surface area contributed by atoms with Crippen LogP contribution in [0.5, 0.6) is 0 Å². The Morgan fingerprint density at radius 2 is 1.84 bits per heavy atom. The average Bonchev–Trinajstić information content (AvgIpc) is 3.16. The second-order valence-corrected chi connectivity index (χ2v) is 8.09. The molecule has 1 heterocycles. The van der Waals surface area contributed by atoms with Crippen LogP contribution in [0.3, 0.4) is 0 Å². The van der Waals surface area contributed by atoms with Crippen molar-refractivity contribution in [2.75, 3.05) is 6.54 Å². The van der Waals surface area contributed by atoms with E-state index < -0.39 is 11.7 Å². The summed E-state index contributed by atoms with van der Waals surface area (Å²) in [5.74, 6) is 0. The molecule has 0 fully saturated rings. The highest BCUT2D eigenvalue weighted by Crippen LogP contribution is 2.29. The van der Waals surface area contributed by atoms with Crippen molar-refractivity contribution in [1.82, 2.24) is 10.2 Å². The molecular weight excluding hydrogens is 431 g/mol. The molecule has 0 spiro atoms. The summed E-state index contributed by atoms with van der Waals surface area (Å²) >= 11 is 5.92. The second-order valence-electron chi connectivity index (χ2n) is 7.66. The lowest BCUT2D eigenvalue weighted by Gasteiger charge is -2.26. The minimum atomic E-state index is -4.40. The minimum Gasteiger partial charge on any atom is -0.390 e. The third kappa shape index (κ3) is 6.37. The number of carbonyl (C=O) groups excluding carboxylic acids is 1. The summed E-state index contributed by atoms with van der Waals surface area (Å²) in [7, 11) is 0. The first-order valence-electron chi connectivity index (χ1n) is 9.82. The van der Waals surface area contributed by atoms with Crippen molar-refractivity contribution in [3.8, 4) is 0 Å². The largest absolute Gasteiger partial charge is 0.416 e. The summed E-state index contributed by atoms with van der Waals surface area (Å²) in [5.41, 5.74) is 1.49. The molecule has 0 bridgehead atoms. The standard InChI is InChI=1S/C22H23ClF3N3O2/c1-14(2)27-21(30)29(12-15-3-7-17(8-4-15)22(24,25)26)13-19-11-20(28-31-19)16-5-9-18(23)10-6-16/h3-10,14,19H,11-13H2,1-2H3,(H,27,30)/t19-/m1/s1. The smallest absolute Gasteiger partial charge is 0.390 e. The predicted molar refractivity (Wildman–Crippen MR) is 113 cm³/mol. The number of halogens is 4. The van der Waals surface area contributed by atoms with E-state index in [1.807, 2.05) is 26.0 Å². The minimum absolute atomic E-state index is 0.0898. The summed E-state index contributed by atoms with van der Waals surface area (Å²) in [6.45, 7) is 4.05. The molecule has 2 aromatic carbocycles. The van der Waals surface area contributed by atoms with E-state index in [9.17, 15) is 18.0 Å². The Morgan fingerprint density at radius 3 is 2.42 bits per heavy atom. The highest BCUT2D eigenvalue weighted by atomic mass is 35.5. The monoisotopic (exact) mass is 453 g/mol. The number of nitrogens with zero attached hydrogens (tertiary/aromatic N) is 2. The van der Waals surface area contributed by atoms with Gasteiger partial charge in [-0.15, -0.1) is 0 Å². The number of urea groups is 1. The number of oxime groups is 1. The molecule has 0 radical (unpaired) electrons. The summed E-state index contributed by atoms with van der Waals surface area (Å²) in [6.07, 6.45) is -4.27. The lowest BCUT2D eigenvalue weighted by atomic mass is 10.0. The van der Waals surface area contributed by atoms with Crippen LogP contribution in [0.2, 0.25) is 5.02 Å². The number of hydrogen-bond donors (Lipinski definition) is 1. The molecule has 2 aromatic rings. The predicted octanol–water partition coefficient (Wildman–Crippen LogP) is 5.47. The second kappa shape index (κ2) is 9.60. The third-order valence-corrected chi connectivity index (χ3v) is 4.94. The van der Waals surface area contributed by atoms with Crippen molar-refractivity contribution < 1.29 is 22.8 Å². The molecule has 9 heteroatoms. The fraction of sp³-hybridized carbons (Fsp3) is 0.364. The van der Waals surface area contributed by atoms with Gasteiger partial charge in [-0.25, -0.2) is 4.79 Å². The first-order valence-corrected chi connectivity index (χ1v) is 10.2. The van der Waals surface area contributed by atoms with E-state index in [1.54, 1.807) is 12.1 Å². The number of rotatable bonds is 6. The maximum atomic E-state index is 12.8. The van der Waals surface area contributed by atoms with Crippen LogP contribution in [0.1, 0.15) is 37.0 Å². The van der Waals surface area contributed by atoms with Crippen LogP contribution in [0.25, 0.3) is 0 Å². The van der Waals surface area contributed by atoms with Gasteiger partial charge in [-0.3, -0.25) is 0 Å². The van der Waals surface area contributed by atoms with Gasteiger partial charge in [0, 0.05) is 24.0 Å². The number of hydrogen-bond acceptors (Lipinski definition) is 3. The maximum absolute atomic E-state index is 12.8. The highest BCUT2D eigenvalue weighted by molar-refractivity contribution is 6.30. The van der Waals surface area contributed by atoms with Gasteiger partial charge < -0.3 is 15.1 Å². The first kappa shape index (κ1) is 22.9. The number of benzene rings is 2. The Bertz CT molecular complexity index is 929. The van der Waals surface area contributed by atoms with Crippen molar-refractivity contribution in [2.45, 2.75) is 45.1 Å². The van der Waals surface area contributed by atoms with Crippen molar-refractivity contribution in [1.29, 1.82) is 0 Å². The SMILES string of the molecule is CC(C)NC(=O)N(Cc1ccc(C(F)(F)F)cc1)C[C@H]1CC(c2ccc(Cl)cc2)=NO1. The van der Waals surface area contributed by atoms with Crippen molar-refractivity contribution >= 4 is 23.3 Å². The fourth-order valence-electron chi connectivity index (χ4n) is 3.16. The van der Waals surface area contributed by atoms with Crippen molar-refractivity contribution in [2.24, 2.45) is 5.16 Å². The first-order chi connectivity index (χ1) is 14.6. The molecule has 1 aliphatic heterocycles. The topological polar surface area (TPSA) is 53.9 Å². The molecular formula is C22H23ClF3N3O2. The van der Waals surface area contributed by atoms with E-state index in [0.717, 1.165) is 23.4 Å². The summed E-state index contributed by atoms with van der Waals surface area (Å²) in [4.78, 5) is 19.7. The van der Waals surface area contributed by atoms with Crippen LogP contribution in [0.15, 0.2) is 53.7 Å². The van der Waals surface area contributed by atoms with E-state index in [4.69, 9.17) is 16.4 Å². The van der Waals surface area contributed by atoms with Gasteiger partial charge in [-0.05, 0) is 49.2 Å². The fourth-order valence-corrected chi connectivity index (χ4v) is 3.29. The van der Waals surface area contributed by atoms with Gasteiger partial charge in [-0.1, -0.05) is 41.0 Å². The molecule has 0 saturated carbocycles. The van der Waals surface area contributed by atoms with Crippen molar-refractivity contribution in [3.63, 3.8) is 0 Å². The van der Waals surface area contributed by atoms with Crippen LogP contribution >= 0.6 is 11.6 Å². The molecule has 2 amide bonds. The van der Waals surface area contributed by atoms with E-state index in [1.165, 1.54) is 17.0 Å². The molecule has 0 aliphatic carbocycles. The molecule has 1 N–H and O–H groups in total. The number of nitrogens with one attached hydrogen (secondary N) is 1. The van der Waals surface area contributed by atoms with Crippen LogP contribution in [0, 0.1) is 0 Å². The Morgan fingerprint density at radius 1 is 1.19 bits per heavy atom. The molecule has 31 heavy (non-hydrogen) atoms. The zero-order chi connectivity index (χ0) is 22.6. The summed E-state index contributed by atoms with van der Waals surface area (Å²) < 4.78 is 38.4. The van der Waals surface area contributed by atoms with Gasteiger partial charge in [0.25, 0.3) is 0 Å².